The van der Waals surface area contributed by atoms with Gasteiger partial charge in [0.25, 0.3) is 0 Å². The average molecular weight is 348 g/mol. The first kappa shape index (κ1) is 26.4. The van der Waals surface area contributed by atoms with Gasteiger partial charge in [0.05, 0.1) is 19.8 Å². The molecule has 1 aliphatic heterocycles. The van der Waals surface area contributed by atoms with Crippen LogP contribution in [0.3, 0.4) is 0 Å². The molecule has 1 heterocycles. The van der Waals surface area contributed by atoms with E-state index in [2.05, 4.69) is 19.7 Å². The summed E-state index contributed by atoms with van der Waals surface area (Å²) in [5, 5.41) is 30.5. The molecule has 0 aromatic rings. The molecular formula is C15H24O9. The third-order valence-corrected chi connectivity index (χ3v) is 1.60. The number of epoxide rings is 1. The van der Waals surface area contributed by atoms with Gasteiger partial charge in [0.1, 0.15) is 12.7 Å². The predicted octanol–water partition coefficient (Wildman–Crippen LogP) is -0.0105. The van der Waals surface area contributed by atoms with Gasteiger partial charge in [-0.05, 0) is 6.92 Å². The SMILES string of the molecule is C=C(C)C(=O)OCC1CO1.C=CC(=O)O.C=CC(=O)O.OCCO. The number of aliphatic hydroxyl groups excluding tert-OH is 2. The Hall–Kier alpha value is -2.49. The fourth-order valence-electron chi connectivity index (χ4n) is 0.456. The average Bonchev–Trinajstić information content (AvgIpc) is 3.38. The number of aliphatic hydroxyl groups is 2. The lowest BCUT2D eigenvalue weighted by molar-refractivity contribution is -0.139. The summed E-state index contributed by atoms with van der Waals surface area (Å²) in [6, 6.07) is 0. The minimum atomic E-state index is -0.981. The van der Waals surface area contributed by atoms with Crippen LogP contribution in [0.2, 0.25) is 0 Å². The number of carbonyl (C=O) groups excluding carboxylic acids is 1. The molecule has 0 spiro atoms. The van der Waals surface area contributed by atoms with Gasteiger partial charge in [-0.25, -0.2) is 14.4 Å². The molecule has 9 heteroatoms. The van der Waals surface area contributed by atoms with Crippen LogP contribution in [-0.4, -0.2) is 70.9 Å². The third-order valence-electron chi connectivity index (χ3n) is 1.60. The number of carboxylic acids is 2. The van der Waals surface area contributed by atoms with E-state index in [1.54, 1.807) is 6.92 Å². The van der Waals surface area contributed by atoms with Crippen molar-refractivity contribution >= 4 is 17.9 Å². The lowest BCUT2D eigenvalue weighted by Crippen LogP contribution is -2.09. The van der Waals surface area contributed by atoms with Crippen LogP contribution in [0.15, 0.2) is 37.5 Å². The molecule has 1 saturated heterocycles. The van der Waals surface area contributed by atoms with Gasteiger partial charge in [-0.3, -0.25) is 0 Å². The molecule has 24 heavy (non-hydrogen) atoms. The second kappa shape index (κ2) is 18.6. The van der Waals surface area contributed by atoms with Gasteiger partial charge >= 0.3 is 17.9 Å². The molecule has 0 amide bonds. The summed E-state index contributed by atoms with van der Waals surface area (Å²) in [5.41, 5.74) is 0.431. The van der Waals surface area contributed by atoms with E-state index in [0.717, 1.165) is 12.2 Å². The highest BCUT2D eigenvalue weighted by molar-refractivity contribution is 5.86. The Bertz CT molecular complexity index is 391. The molecule has 1 fully saturated rings. The lowest BCUT2D eigenvalue weighted by Gasteiger charge is -1.99. The third kappa shape index (κ3) is 31.7. The molecule has 0 saturated carbocycles. The maximum atomic E-state index is 10.7. The fraction of sp³-hybridized carbons (Fsp3) is 0.400. The predicted molar refractivity (Wildman–Crippen MR) is 85.4 cm³/mol. The van der Waals surface area contributed by atoms with Crippen LogP contribution >= 0.6 is 0 Å². The van der Waals surface area contributed by atoms with Gasteiger partial charge in [-0.1, -0.05) is 19.7 Å². The Labute approximate surface area is 140 Å². The zero-order valence-corrected chi connectivity index (χ0v) is 13.5. The molecule has 0 aromatic heterocycles. The van der Waals surface area contributed by atoms with Crippen LogP contribution in [0.5, 0.6) is 0 Å². The van der Waals surface area contributed by atoms with E-state index in [-0.39, 0.29) is 25.3 Å². The van der Waals surface area contributed by atoms with Crippen LogP contribution in [0.25, 0.3) is 0 Å². The first-order chi connectivity index (χ1) is 11.2. The molecule has 0 aromatic carbocycles. The minimum absolute atomic E-state index is 0.125. The molecule has 1 unspecified atom stereocenters. The number of carboxylic acid groups (broad SMARTS) is 2. The van der Waals surface area contributed by atoms with Gasteiger partial charge in [-0.15, -0.1) is 0 Å². The van der Waals surface area contributed by atoms with Gasteiger partial charge in [-0.2, -0.15) is 0 Å². The van der Waals surface area contributed by atoms with E-state index < -0.39 is 11.9 Å². The van der Waals surface area contributed by atoms with Crippen molar-refractivity contribution in [2.45, 2.75) is 13.0 Å². The highest BCUT2D eigenvalue weighted by atomic mass is 16.6. The van der Waals surface area contributed by atoms with E-state index in [1.807, 2.05) is 0 Å². The number of ether oxygens (including phenoxy) is 2. The summed E-state index contributed by atoms with van der Waals surface area (Å²) >= 11 is 0. The second-order valence-corrected chi connectivity index (χ2v) is 3.87. The van der Waals surface area contributed by atoms with Crippen LogP contribution in [0.1, 0.15) is 6.92 Å². The number of hydrogen-bond donors (Lipinski definition) is 4. The monoisotopic (exact) mass is 348 g/mol. The van der Waals surface area contributed by atoms with E-state index in [4.69, 9.17) is 29.9 Å². The summed E-state index contributed by atoms with van der Waals surface area (Å²) < 4.78 is 9.60. The topological polar surface area (TPSA) is 154 Å². The zero-order chi connectivity index (χ0) is 19.5. The number of aliphatic carboxylic acids is 2. The largest absolute Gasteiger partial charge is 0.478 e. The smallest absolute Gasteiger partial charge is 0.333 e. The number of rotatable bonds is 6. The zero-order valence-electron chi connectivity index (χ0n) is 13.5. The van der Waals surface area contributed by atoms with Crippen LogP contribution < -0.4 is 0 Å². The van der Waals surface area contributed by atoms with Crippen LogP contribution in [-0.2, 0) is 23.9 Å². The first-order valence-electron chi connectivity index (χ1n) is 6.52. The lowest BCUT2D eigenvalue weighted by atomic mass is 10.4. The van der Waals surface area contributed by atoms with Crippen molar-refractivity contribution in [3.63, 3.8) is 0 Å². The van der Waals surface area contributed by atoms with Crippen molar-refractivity contribution in [1.29, 1.82) is 0 Å². The van der Waals surface area contributed by atoms with Crippen LogP contribution in [0.4, 0.5) is 0 Å². The van der Waals surface area contributed by atoms with Gasteiger partial charge in [0, 0.05) is 17.7 Å². The van der Waals surface area contributed by atoms with Crippen molar-refractivity contribution in [2.24, 2.45) is 0 Å². The Morgan fingerprint density at radius 1 is 1.12 bits per heavy atom. The van der Waals surface area contributed by atoms with Crippen molar-refractivity contribution in [1.82, 2.24) is 0 Å². The summed E-state index contributed by atoms with van der Waals surface area (Å²) in [6.07, 6.45) is 1.81. The van der Waals surface area contributed by atoms with Crippen molar-refractivity contribution < 1.29 is 44.3 Å². The second-order valence-electron chi connectivity index (χ2n) is 3.87. The minimum Gasteiger partial charge on any atom is -0.478 e. The van der Waals surface area contributed by atoms with Gasteiger partial charge in [0.15, 0.2) is 0 Å². The molecule has 0 bridgehead atoms. The highest BCUT2D eigenvalue weighted by Crippen LogP contribution is 2.09. The van der Waals surface area contributed by atoms with Crippen molar-refractivity contribution in [2.75, 3.05) is 26.4 Å². The Kier molecular flexibility index (Phi) is 20.4. The molecule has 1 rings (SSSR count). The fourth-order valence-corrected chi connectivity index (χ4v) is 0.456. The molecule has 138 valence electrons. The number of carbonyl (C=O) groups is 3. The van der Waals surface area contributed by atoms with E-state index >= 15 is 0 Å². The molecule has 9 nitrogen and oxygen atoms in total. The highest BCUT2D eigenvalue weighted by Gasteiger charge is 2.24. The van der Waals surface area contributed by atoms with E-state index in [0.29, 0.717) is 18.8 Å². The van der Waals surface area contributed by atoms with Crippen LogP contribution in [0, 0.1) is 0 Å². The first-order valence-corrected chi connectivity index (χ1v) is 6.52. The maximum absolute atomic E-state index is 10.7. The molecule has 0 radical (unpaired) electrons. The standard InChI is InChI=1S/C7H10O3.2C3H4O2.C2H6O2/c1-5(2)7(8)10-4-6-3-9-6;2*1-2-3(4)5;3-1-2-4/h6H,1,3-4H2,2H3;2*2H,1H2,(H,4,5);3-4H,1-2H2. The molecule has 4 N–H and O–H groups in total. The molecule has 0 aliphatic carbocycles. The van der Waals surface area contributed by atoms with Gasteiger partial charge < -0.3 is 29.9 Å². The normalized spacial score (nSPS) is 13.0. The Morgan fingerprint density at radius 2 is 1.46 bits per heavy atom. The number of esters is 1. The van der Waals surface area contributed by atoms with Crippen molar-refractivity contribution in [3.05, 3.63) is 37.5 Å². The quantitative estimate of drug-likeness (QED) is 0.295. The summed E-state index contributed by atoms with van der Waals surface area (Å²) in [6.45, 7) is 11.8. The summed E-state index contributed by atoms with van der Waals surface area (Å²) in [7, 11) is 0. The molecule has 1 atom stereocenters. The van der Waals surface area contributed by atoms with Gasteiger partial charge in [0.2, 0.25) is 0 Å². The molecule has 1 aliphatic rings. The summed E-state index contributed by atoms with van der Waals surface area (Å²) in [4.78, 5) is 29.2. The maximum Gasteiger partial charge on any atom is 0.333 e. The van der Waals surface area contributed by atoms with E-state index in [9.17, 15) is 14.4 Å². The van der Waals surface area contributed by atoms with E-state index in [1.165, 1.54) is 0 Å². The number of hydrogen-bond acceptors (Lipinski definition) is 7. The van der Waals surface area contributed by atoms with Crippen molar-refractivity contribution in [3.8, 4) is 0 Å². The molecular weight excluding hydrogens is 324 g/mol. The Balaban J connectivity index is -0.000000270. The summed E-state index contributed by atoms with van der Waals surface area (Å²) in [5.74, 6) is -2.30. The Morgan fingerprint density at radius 3 is 1.62 bits per heavy atom.